The van der Waals surface area contributed by atoms with E-state index in [2.05, 4.69) is 27.7 Å². The molecule has 0 aromatic carbocycles. The molecular weight excluding hydrogens is 805 g/mol. The van der Waals surface area contributed by atoms with E-state index in [1.165, 1.54) is 231 Å². The van der Waals surface area contributed by atoms with Gasteiger partial charge in [-0.2, -0.15) is 0 Å². The van der Waals surface area contributed by atoms with Crippen molar-refractivity contribution in [2.45, 2.75) is 342 Å². The molecule has 0 unspecified atom stereocenters. The Morgan fingerprint density at radius 3 is 0.754 bits per heavy atom. The molecule has 0 saturated heterocycles. The molecule has 65 heavy (non-hydrogen) atoms. The van der Waals surface area contributed by atoms with E-state index in [1.54, 1.807) is 0 Å². The smallest absolute Gasteiger partial charge is 0.306 e. The number of rotatable bonds is 54. The second-order valence-electron chi connectivity index (χ2n) is 20.8. The minimum absolute atomic E-state index is 0.0618. The molecule has 0 amide bonds. The largest absolute Gasteiger partial charge is 0.462 e. The number of hydrogen-bond acceptors (Lipinski definition) is 6. The molecule has 0 aliphatic carbocycles. The molecule has 0 aromatic rings. The monoisotopic (exact) mass is 919 g/mol. The number of carbonyl (C=O) groups excluding carboxylic acids is 3. The first-order chi connectivity index (χ1) is 31.9. The average molecular weight is 920 g/mol. The fourth-order valence-electron chi connectivity index (χ4n) is 9.10. The Morgan fingerprint density at radius 2 is 0.508 bits per heavy atom. The van der Waals surface area contributed by atoms with Crippen LogP contribution in [0.3, 0.4) is 0 Å². The predicted molar refractivity (Wildman–Crippen MR) is 280 cm³/mol. The summed E-state index contributed by atoms with van der Waals surface area (Å²) in [6, 6.07) is 0. The zero-order chi connectivity index (χ0) is 47.4. The number of esters is 3. The van der Waals surface area contributed by atoms with Crippen LogP contribution < -0.4 is 0 Å². The van der Waals surface area contributed by atoms with Crippen molar-refractivity contribution in [3.8, 4) is 0 Å². The van der Waals surface area contributed by atoms with Crippen molar-refractivity contribution in [3.05, 3.63) is 0 Å². The van der Waals surface area contributed by atoms with Gasteiger partial charge < -0.3 is 14.2 Å². The Hall–Kier alpha value is -1.59. The lowest BCUT2D eigenvalue weighted by Crippen LogP contribution is -2.30. The third-order valence-corrected chi connectivity index (χ3v) is 13.5. The summed E-state index contributed by atoms with van der Waals surface area (Å²) in [6.07, 6.45) is 58.1. The van der Waals surface area contributed by atoms with Gasteiger partial charge in [-0.1, -0.05) is 297 Å². The normalized spacial score (nSPS) is 12.0. The summed E-state index contributed by atoms with van der Waals surface area (Å²) in [5, 5.41) is 0. The van der Waals surface area contributed by atoms with Crippen molar-refractivity contribution >= 4 is 17.9 Å². The zero-order valence-electron chi connectivity index (χ0n) is 44.5. The molecule has 1 atom stereocenters. The van der Waals surface area contributed by atoms with Crippen LogP contribution >= 0.6 is 0 Å². The quantitative estimate of drug-likeness (QED) is 0.0344. The zero-order valence-corrected chi connectivity index (χ0v) is 44.5. The van der Waals surface area contributed by atoms with Crippen molar-refractivity contribution in [2.24, 2.45) is 5.92 Å². The fourth-order valence-corrected chi connectivity index (χ4v) is 9.10. The third kappa shape index (κ3) is 53.2. The lowest BCUT2D eigenvalue weighted by molar-refractivity contribution is -0.167. The van der Waals surface area contributed by atoms with Crippen molar-refractivity contribution in [2.75, 3.05) is 13.2 Å². The molecule has 0 aliphatic heterocycles. The molecule has 0 aromatic heterocycles. The Kier molecular flexibility index (Phi) is 52.1. The molecule has 0 saturated carbocycles. The first-order valence-corrected chi connectivity index (χ1v) is 29.4. The lowest BCUT2D eigenvalue weighted by atomic mass is 10.0. The Bertz CT molecular complexity index is 980. The predicted octanol–water partition coefficient (Wildman–Crippen LogP) is 19.4. The molecule has 6 nitrogen and oxygen atoms in total. The highest BCUT2D eigenvalue weighted by Crippen LogP contribution is 2.18. The van der Waals surface area contributed by atoms with Crippen LogP contribution in [-0.2, 0) is 28.6 Å². The Morgan fingerprint density at radius 1 is 0.292 bits per heavy atom. The van der Waals surface area contributed by atoms with Gasteiger partial charge in [0.1, 0.15) is 13.2 Å². The first-order valence-electron chi connectivity index (χ1n) is 29.4. The van der Waals surface area contributed by atoms with Crippen LogP contribution in [0.15, 0.2) is 0 Å². The van der Waals surface area contributed by atoms with Crippen molar-refractivity contribution in [1.82, 2.24) is 0 Å². The molecule has 6 heteroatoms. The molecule has 0 bridgehead atoms. The Labute approximate surface area is 406 Å². The second-order valence-corrected chi connectivity index (χ2v) is 20.8. The molecule has 0 N–H and O–H groups in total. The Balaban J connectivity index is 4.27. The van der Waals surface area contributed by atoms with Crippen LogP contribution in [0, 0.1) is 5.92 Å². The van der Waals surface area contributed by atoms with Gasteiger partial charge in [0.2, 0.25) is 0 Å². The summed E-state index contributed by atoms with van der Waals surface area (Å²) < 4.78 is 16.9. The van der Waals surface area contributed by atoms with Crippen LogP contribution in [0.1, 0.15) is 336 Å². The second kappa shape index (κ2) is 53.4. The number of ether oxygens (including phenoxy) is 3. The van der Waals surface area contributed by atoms with Gasteiger partial charge in [-0.25, -0.2) is 0 Å². The van der Waals surface area contributed by atoms with Crippen LogP contribution in [0.25, 0.3) is 0 Å². The fraction of sp³-hybridized carbons (Fsp3) is 0.949. The lowest BCUT2D eigenvalue weighted by Gasteiger charge is -2.18. The number of unbranched alkanes of at least 4 members (excludes halogenated alkanes) is 41. The van der Waals surface area contributed by atoms with Gasteiger partial charge in [0, 0.05) is 19.3 Å². The van der Waals surface area contributed by atoms with Crippen LogP contribution in [-0.4, -0.2) is 37.2 Å². The van der Waals surface area contributed by atoms with Crippen molar-refractivity contribution in [1.29, 1.82) is 0 Å². The van der Waals surface area contributed by atoms with E-state index in [9.17, 15) is 14.4 Å². The molecule has 0 spiro atoms. The highest BCUT2D eigenvalue weighted by atomic mass is 16.6. The van der Waals surface area contributed by atoms with E-state index >= 15 is 0 Å². The van der Waals surface area contributed by atoms with Crippen LogP contribution in [0.5, 0.6) is 0 Å². The van der Waals surface area contributed by atoms with Gasteiger partial charge >= 0.3 is 17.9 Å². The maximum absolute atomic E-state index is 12.8. The summed E-state index contributed by atoms with van der Waals surface area (Å²) in [6.45, 7) is 9.06. The maximum atomic E-state index is 12.8. The highest BCUT2D eigenvalue weighted by Gasteiger charge is 2.19. The standard InChI is InChI=1S/C59H114O6/c1-5-7-9-11-13-15-17-19-20-21-22-23-24-26-31-35-39-43-47-51-58(61)64-54-56(53-63-57(60)50-46-42-38-34-30-25-18-16-14-12-10-8-6-2)65-59(62)52-48-44-40-36-32-28-27-29-33-37-41-45-49-55(3)4/h55-56H,5-54H2,1-4H3/t56-/m1/s1. The molecule has 0 radical (unpaired) electrons. The summed E-state index contributed by atoms with van der Waals surface area (Å²) in [5.41, 5.74) is 0. The summed E-state index contributed by atoms with van der Waals surface area (Å²) in [7, 11) is 0. The minimum atomic E-state index is -0.762. The van der Waals surface area contributed by atoms with Gasteiger partial charge in [-0.15, -0.1) is 0 Å². The highest BCUT2D eigenvalue weighted by molar-refractivity contribution is 5.71. The van der Waals surface area contributed by atoms with E-state index < -0.39 is 6.10 Å². The SMILES string of the molecule is CCCCCCCCCCCCCCCCCCCCCC(=O)OC[C@@H](COC(=O)CCCCCCCCCCCCCCC)OC(=O)CCCCCCCCCCCCCCC(C)C. The van der Waals surface area contributed by atoms with Gasteiger partial charge in [0.05, 0.1) is 0 Å². The van der Waals surface area contributed by atoms with Gasteiger partial charge in [0.25, 0.3) is 0 Å². The van der Waals surface area contributed by atoms with E-state index in [0.717, 1.165) is 63.7 Å². The molecule has 0 heterocycles. The molecule has 0 rings (SSSR count). The van der Waals surface area contributed by atoms with Gasteiger partial charge in [0.15, 0.2) is 6.10 Å². The minimum Gasteiger partial charge on any atom is -0.462 e. The molecule has 0 fully saturated rings. The van der Waals surface area contributed by atoms with E-state index in [-0.39, 0.29) is 31.1 Å². The van der Waals surface area contributed by atoms with E-state index in [4.69, 9.17) is 14.2 Å². The van der Waals surface area contributed by atoms with E-state index in [1.807, 2.05) is 0 Å². The summed E-state index contributed by atoms with van der Waals surface area (Å²) in [5.74, 6) is -0.00292. The topological polar surface area (TPSA) is 78.9 Å². The van der Waals surface area contributed by atoms with Gasteiger partial charge in [-0.05, 0) is 25.2 Å². The first kappa shape index (κ1) is 63.4. The van der Waals surface area contributed by atoms with Crippen molar-refractivity contribution < 1.29 is 28.6 Å². The maximum Gasteiger partial charge on any atom is 0.306 e. The van der Waals surface area contributed by atoms with Crippen LogP contribution in [0.4, 0.5) is 0 Å². The molecule has 0 aliphatic rings. The number of carbonyl (C=O) groups is 3. The van der Waals surface area contributed by atoms with Crippen molar-refractivity contribution in [3.63, 3.8) is 0 Å². The van der Waals surface area contributed by atoms with Crippen LogP contribution in [0.2, 0.25) is 0 Å². The summed E-state index contributed by atoms with van der Waals surface area (Å²) in [4.78, 5) is 38.1. The number of hydrogen-bond donors (Lipinski definition) is 0. The third-order valence-electron chi connectivity index (χ3n) is 13.5. The van der Waals surface area contributed by atoms with E-state index in [0.29, 0.717) is 19.3 Å². The van der Waals surface area contributed by atoms with Gasteiger partial charge in [-0.3, -0.25) is 14.4 Å². The molecular formula is C59H114O6. The average Bonchev–Trinajstić information content (AvgIpc) is 3.29. The summed E-state index contributed by atoms with van der Waals surface area (Å²) >= 11 is 0. The molecule has 386 valence electrons.